The summed E-state index contributed by atoms with van der Waals surface area (Å²) >= 11 is 0. The lowest BCUT2D eigenvalue weighted by Crippen LogP contribution is -2.39. The molecule has 0 bridgehead atoms. The third-order valence-corrected chi connectivity index (χ3v) is 4.60. The molecule has 1 aromatic heterocycles. The highest BCUT2D eigenvalue weighted by Crippen LogP contribution is 2.33. The lowest BCUT2D eigenvalue weighted by atomic mass is 10.0. The van der Waals surface area contributed by atoms with Crippen LogP contribution in [0.1, 0.15) is 42.8 Å². The molecule has 0 spiro atoms. The summed E-state index contributed by atoms with van der Waals surface area (Å²) in [4.78, 5) is 16.2. The normalized spacial score (nSPS) is 16.9. The molecule has 134 valence electrons. The number of aromatic nitrogens is 3. The number of carbonyl (C=O) groups excluding carboxylic acids is 1. The number of urea groups is 1. The Kier molecular flexibility index (Phi) is 5.21. The number of methoxy groups -OCH3 is 1. The smallest absolute Gasteiger partial charge is 0.318 e. The molecule has 2 amide bonds. The third kappa shape index (κ3) is 3.75. The van der Waals surface area contributed by atoms with Crippen molar-refractivity contribution in [3.8, 4) is 5.75 Å². The number of hydrogen-bond acceptors (Lipinski definition) is 4. The molecule has 1 aliphatic heterocycles. The van der Waals surface area contributed by atoms with E-state index < -0.39 is 0 Å². The summed E-state index contributed by atoms with van der Waals surface area (Å²) in [5, 5.41) is 11.7. The van der Waals surface area contributed by atoms with E-state index in [1.807, 2.05) is 36.9 Å². The monoisotopic (exact) mass is 343 g/mol. The van der Waals surface area contributed by atoms with Gasteiger partial charge in [-0.2, -0.15) is 15.0 Å². The average molecular weight is 343 g/mol. The first-order chi connectivity index (χ1) is 12.1. The molecule has 1 aromatic carbocycles. The molecule has 3 rings (SSSR count). The number of likely N-dealkylation sites (tertiary alicyclic amines) is 1. The highest BCUT2D eigenvalue weighted by Gasteiger charge is 2.30. The van der Waals surface area contributed by atoms with E-state index in [9.17, 15) is 4.79 Å². The maximum atomic E-state index is 12.7. The van der Waals surface area contributed by atoms with Crippen LogP contribution in [-0.2, 0) is 13.1 Å². The van der Waals surface area contributed by atoms with Gasteiger partial charge < -0.3 is 15.0 Å². The molecule has 1 N–H and O–H groups in total. The maximum Gasteiger partial charge on any atom is 0.318 e. The summed E-state index contributed by atoms with van der Waals surface area (Å²) in [7, 11) is 1.66. The number of benzene rings is 1. The molecule has 2 heterocycles. The van der Waals surface area contributed by atoms with Crippen molar-refractivity contribution in [1.82, 2.24) is 25.2 Å². The molecule has 1 fully saturated rings. The van der Waals surface area contributed by atoms with Gasteiger partial charge in [-0.15, -0.1) is 0 Å². The molecule has 25 heavy (non-hydrogen) atoms. The lowest BCUT2D eigenvalue weighted by Gasteiger charge is -2.25. The molecule has 1 atom stereocenters. The highest BCUT2D eigenvalue weighted by molar-refractivity contribution is 5.75. The second kappa shape index (κ2) is 7.55. The fourth-order valence-electron chi connectivity index (χ4n) is 3.24. The SMILES string of the molecule is CCn1nc(C)c(CNC(=O)N2CCCC2c2cccc(OC)c2)n1. The van der Waals surface area contributed by atoms with Crippen LogP contribution in [0.3, 0.4) is 0 Å². The van der Waals surface area contributed by atoms with E-state index in [1.54, 1.807) is 11.9 Å². The molecule has 2 aromatic rings. The number of nitrogens with zero attached hydrogens (tertiary/aromatic N) is 4. The van der Waals surface area contributed by atoms with Crippen LogP contribution < -0.4 is 10.1 Å². The Morgan fingerprint density at radius 3 is 2.96 bits per heavy atom. The Bertz CT molecular complexity index is 743. The Balaban J connectivity index is 1.67. The summed E-state index contributed by atoms with van der Waals surface area (Å²) in [5.41, 5.74) is 2.78. The zero-order chi connectivity index (χ0) is 17.8. The van der Waals surface area contributed by atoms with Crippen LogP contribution in [0.2, 0.25) is 0 Å². The first kappa shape index (κ1) is 17.3. The van der Waals surface area contributed by atoms with Gasteiger partial charge in [0.2, 0.25) is 0 Å². The first-order valence-corrected chi connectivity index (χ1v) is 8.71. The van der Waals surface area contributed by atoms with Crippen molar-refractivity contribution >= 4 is 6.03 Å². The van der Waals surface area contributed by atoms with Crippen molar-refractivity contribution in [2.75, 3.05) is 13.7 Å². The van der Waals surface area contributed by atoms with Gasteiger partial charge in [-0.05, 0) is 44.4 Å². The van der Waals surface area contributed by atoms with Crippen molar-refractivity contribution in [3.05, 3.63) is 41.2 Å². The molecule has 1 unspecified atom stereocenters. The molecule has 0 radical (unpaired) electrons. The zero-order valence-corrected chi connectivity index (χ0v) is 15.0. The van der Waals surface area contributed by atoms with Crippen LogP contribution in [0.25, 0.3) is 0 Å². The summed E-state index contributed by atoms with van der Waals surface area (Å²) in [6, 6.07) is 7.97. The number of amides is 2. The van der Waals surface area contributed by atoms with Crippen LogP contribution in [0.4, 0.5) is 4.79 Å². The predicted octanol–water partition coefficient (Wildman–Crippen LogP) is 2.66. The number of nitrogens with one attached hydrogen (secondary N) is 1. The topological polar surface area (TPSA) is 72.3 Å². The minimum atomic E-state index is -0.0595. The molecule has 7 heteroatoms. The van der Waals surface area contributed by atoms with Gasteiger partial charge in [0, 0.05) is 6.54 Å². The predicted molar refractivity (Wildman–Crippen MR) is 94.3 cm³/mol. The van der Waals surface area contributed by atoms with Gasteiger partial charge in [-0.3, -0.25) is 0 Å². The number of aryl methyl sites for hydroxylation is 2. The number of ether oxygens (including phenoxy) is 1. The quantitative estimate of drug-likeness (QED) is 0.906. The van der Waals surface area contributed by atoms with E-state index in [-0.39, 0.29) is 12.1 Å². The van der Waals surface area contributed by atoms with Gasteiger partial charge in [0.15, 0.2) is 0 Å². The average Bonchev–Trinajstić information content (AvgIpc) is 3.26. The van der Waals surface area contributed by atoms with E-state index in [0.29, 0.717) is 6.54 Å². The summed E-state index contributed by atoms with van der Waals surface area (Å²) < 4.78 is 5.30. The summed E-state index contributed by atoms with van der Waals surface area (Å²) in [6.45, 7) is 5.78. The largest absolute Gasteiger partial charge is 0.497 e. The van der Waals surface area contributed by atoms with E-state index in [2.05, 4.69) is 21.6 Å². The fraction of sp³-hybridized carbons (Fsp3) is 0.500. The van der Waals surface area contributed by atoms with E-state index in [1.165, 1.54) is 0 Å². The van der Waals surface area contributed by atoms with Crippen LogP contribution in [0.15, 0.2) is 24.3 Å². The van der Waals surface area contributed by atoms with Crippen molar-refractivity contribution < 1.29 is 9.53 Å². The van der Waals surface area contributed by atoms with Crippen LogP contribution in [0.5, 0.6) is 5.75 Å². The second-order valence-corrected chi connectivity index (χ2v) is 6.21. The number of hydrogen-bond donors (Lipinski definition) is 1. The minimum Gasteiger partial charge on any atom is -0.497 e. The fourth-order valence-corrected chi connectivity index (χ4v) is 3.24. The van der Waals surface area contributed by atoms with E-state index >= 15 is 0 Å². The number of rotatable bonds is 5. The standard InChI is InChI=1S/C18H25N5O2/c1-4-23-20-13(2)16(21-23)12-19-18(24)22-10-6-9-17(22)14-7-5-8-15(11-14)25-3/h5,7-8,11,17H,4,6,9-10,12H2,1-3H3,(H,19,24). The third-order valence-electron chi connectivity index (χ3n) is 4.60. The van der Waals surface area contributed by atoms with Crippen molar-refractivity contribution in [3.63, 3.8) is 0 Å². The molecule has 7 nitrogen and oxygen atoms in total. The second-order valence-electron chi connectivity index (χ2n) is 6.21. The Morgan fingerprint density at radius 1 is 1.40 bits per heavy atom. The minimum absolute atomic E-state index is 0.0595. The molecule has 0 aliphatic carbocycles. The van der Waals surface area contributed by atoms with Crippen LogP contribution in [0, 0.1) is 6.92 Å². The van der Waals surface area contributed by atoms with Crippen LogP contribution >= 0.6 is 0 Å². The van der Waals surface area contributed by atoms with Crippen molar-refractivity contribution in [2.24, 2.45) is 0 Å². The molecule has 0 saturated carbocycles. The summed E-state index contributed by atoms with van der Waals surface area (Å²) in [5.74, 6) is 0.816. The zero-order valence-electron chi connectivity index (χ0n) is 15.0. The summed E-state index contributed by atoms with van der Waals surface area (Å²) in [6.07, 6.45) is 1.96. The lowest BCUT2D eigenvalue weighted by molar-refractivity contribution is 0.192. The van der Waals surface area contributed by atoms with Crippen molar-refractivity contribution in [1.29, 1.82) is 0 Å². The first-order valence-electron chi connectivity index (χ1n) is 8.71. The molecular weight excluding hydrogens is 318 g/mol. The van der Waals surface area contributed by atoms with Gasteiger partial charge in [0.25, 0.3) is 0 Å². The Morgan fingerprint density at radius 2 is 2.24 bits per heavy atom. The Labute approximate surface area is 148 Å². The van der Waals surface area contributed by atoms with Gasteiger partial charge in [0.1, 0.15) is 11.4 Å². The number of carbonyl (C=O) groups is 1. The van der Waals surface area contributed by atoms with Gasteiger partial charge >= 0.3 is 6.03 Å². The van der Waals surface area contributed by atoms with Gasteiger partial charge in [-0.25, -0.2) is 4.79 Å². The van der Waals surface area contributed by atoms with Gasteiger partial charge in [0.05, 0.1) is 31.9 Å². The van der Waals surface area contributed by atoms with Gasteiger partial charge in [-0.1, -0.05) is 12.1 Å². The van der Waals surface area contributed by atoms with Crippen LogP contribution in [-0.4, -0.2) is 39.6 Å². The maximum absolute atomic E-state index is 12.7. The van der Waals surface area contributed by atoms with Crippen molar-refractivity contribution in [2.45, 2.75) is 45.8 Å². The molecular formula is C18H25N5O2. The molecule has 1 aliphatic rings. The van der Waals surface area contributed by atoms with E-state index in [0.717, 1.165) is 48.6 Å². The van der Waals surface area contributed by atoms with E-state index in [4.69, 9.17) is 4.74 Å². The Hall–Kier alpha value is -2.57. The molecule has 1 saturated heterocycles. The highest BCUT2D eigenvalue weighted by atomic mass is 16.5.